The Hall–Kier alpha value is -2.77. The lowest BCUT2D eigenvalue weighted by Gasteiger charge is -2.40. The highest BCUT2D eigenvalue weighted by Crippen LogP contribution is 2.41. The van der Waals surface area contributed by atoms with Crippen LogP contribution < -0.4 is 15.1 Å². The van der Waals surface area contributed by atoms with Crippen LogP contribution in [0.25, 0.3) is 0 Å². The van der Waals surface area contributed by atoms with E-state index in [9.17, 15) is 9.59 Å². The Morgan fingerprint density at radius 3 is 2.43 bits per heavy atom. The molecule has 2 aromatic rings. The molecule has 0 unspecified atom stereocenters. The first-order valence-corrected chi connectivity index (χ1v) is 9.29. The molecule has 1 N–H and O–H groups in total. The van der Waals surface area contributed by atoms with Crippen LogP contribution >= 0.6 is 23.2 Å². The second-order valence-electron chi connectivity index (χ2n) is 6.97. The van der Waals surface area contributed by atoms with Crippen LogP contribution in [0.1, 0.15) is 13.8 Å². The number of aliphatic imine (C=N–C) groups is 1. The molecule has 28 heavy (non-hydrogen) atoms. The smallest absolute Gasteiger partial charge is 0.307 e. The molecule has 0 aliphatic carbocycles. The van der Waals surface area contributed by atoms with Gasteiger partial charge in [-0.05, 0) is 44.2 Å². The summed E-state index contributed by atoms with van der Waals surface area (Å²) < 4.78 is 0. The summed E-state index contributed by atoms with van der Waals surface area (Å²) in [6.45, 7) is 3.63. The van der Waals surface area contributed by atoms with Gasteiger partial charge in [0.15, 0.2) is 0 Å². The average molecular weight is 418 g/mol. The number of rotatable bonds is 1. The van der Waals surface area contributed by atoms with Crippen molar-refractivity contribution < 1.29 is 9.59 Å². The average Bonchev–Trinajstić information content (AvgIpc) is 2.96. The van der Waals surface area contributed by atoms with Gasteiger partial charge in [0, 0.05) is 12.7 Å². The molecule has 9 heteroatoms. The van der Waals surface area contributed by atoms with Gasteiger partial charge in [0.2, 0.25) is 5.96 Å². The van der Waals surface area contributed by atoms with Gasteiger partial charge in [-0.1, -0.05) is 35.3 Å². The summed E-state index contributed by atoms with van der Waals surface area (Å²) in [5.41, 5.74) is 0.846. The number of hydrogen-bond donors (Lipinski definition) is 1. The van der Waals surface area contributed by atoms with Gasteiger partial charge in [-0.3, -0.25) is 0 Å². The quantitative estimate of drug-likeness (QED) is 0.708. The summed E-state index contributed by atoms with van der Waals surface area (Å²) in [5.74, 6) is 0.256. The molecule has 0 bridgehead atoms. The number of nitrogens with zero attached hydrogens (tertiary/aromatic N) is 4. The van der Waals surface area contributed by atoms with E-state index in [1.807, 2.05) is 19.9 Å². The fourth-order valence-electron chi connectivity index (χ4n) is 3.10. The van der Waals surface area contributed by atoms with Gasteiger partial charge >= 0.3 is 12.1 Å². The maximum absolute atomic E-state index is 13.1. The highest BCUT2D eigenvalue weighted by atomic mass is 35.5. The molecule has 2 aliphatic heterocycles. The predicted octanol–water partition coefficient (Wildman–Crippen LogP) is 5.01. The molecule has 0 spiro atoms. The maximum atomic E-state index is 13.1. The fourth-order valence-corrected chi connectivity index (χ4v) is 3.40. The third-order valence-electron chi connectivity index (χ3n) is 4.81. The number of benzene rings is 2. The highest BCUT2D eigenvalue weighted by Gasteiger charge is 2.48. The van der Waals surface area contributed by atoms with E-state index < -0.39 is 11.7 Å². The van der Waals surface area contributed by atoms with Crippen molar-refractivity contribution in [1.29, 1.82) is 0 Å². The zero-order valence-corrected chi connectivity index (χ0v) is 16.9. The van der Waals surface area contributed by atoms with Gasteiger partial charge in [-0.25, -0.2) is 24.4 Å². The van der Waals surface area contributed by atoms with Gasteiger partial charge in [-0.15, -0.1) is 0 Å². The van der Waals surface area contributed by atoms with Crippen molar-refractivity contribution >= 4 is 58.3 Å². The number of para-hydroxylation sites is 2. The standard InChI is InChI=1S/C19H17Cl2N5O2/c1-19(2)23-16-25(17(27)22-11-8-9-12(20)13(21)10-11)14-6-4-5-7-15(14)26(16)18(28)24(19)3/h4-10H,1-3H3,(H,22,27). The molecular weight excluding hydrogens is 401 g/mol. The van der Waals surface area contributed by atoms with E-state index in [4.69, 9.17) is 23.2 Å². The molecule has 4 amide bonds. The Bertz CT molecular complexity index is 1040. The molecule has 0 aromatic heterocycles. The van der Waals surface area contributed by atoms with Crippen molar-refractivity contribution in [2.75, 3.05) is 22.2 Å². The lowest BCUT2D eigenvalue weighted by atomic mass is 10.2. The number of fused-ring (bicyclic) bond motifs is 3. The number of guanidine groups is 1. The van der Waals surface area contributed by atoms with Crippen molar-refractivity contribution in [3.05, 3.63) is 52.5 Å². The number of carbonyl (C=O) groups excluding carboxylic acids is 2. The van der Waals surface area contributed by atoms with E-state index in [2.05, 4.69) is 10.3 Å². The SMILES string of the molecule is CN1C(=O)N2C(=NC1(C)C)N(C(=O)Nc1ccc(Cl)c(Cl)c1)c1ccccc12. The van der Waals surface area contributed by atoms with E-state index in [1.165, 1.54) is 14.7 Å². The first kappa shape index (κ1) is 18.6. The number of carbonyl (C=O) groups is 2. The normalized spacial score (nSPS) is 17.2. The summed E-state index contributed by atoms with van der Waals surface area (Å²) in [4.78, 5) is 35.1. The lowest BCUT2D eigenvalue weighted by molar-refractivity contribution is 0.164. The second kappa shape index (κ2) is 6.39. The lowest BCUT2D eigenvalue weighted by Crippen LogP contribution is -2.60. The van der Waals surface area contributed by atoms with Crippen molar-refractivity contribution in [3.63, 3.8) is 0 Å². The number of nitrogens with one attached hydrogen (secondary N) is 1. The van der Waals surface area contributed by atoms with Gasteiger partial charge in [0.1, 0.15) is 5.66 Å². The summed E-state index contributed by atoms with van der Waals surface area (Å²) in [6.07, 6.45) is 0. The molecule has 0 atom stereocenters. The molecule has 2 aliphatic rings. The molecule has 0 radical (unpaired) electrons. The van der Waals surface area contributed by atoms with Crippen LogP contribution in [0.5, 0.6) is 0 Å². The maximum Gasteiger partial charge on any atom is 0.333 e. The molecule has 0 saturated heterocycles. The molecule has 144 valence electrons. The van der Waals surface area contributed by atoms with Gasteiger partial charge < -0.3 is 10.2 Å². The first-order valence-electron chi connectivity index (χ1n) is 8.53. The highest BCUT2D eigenvalue weighted by molar-refractivity contribution is 6.42. The van der Waals surface area contributed by atoms with E-state index in [-0.39, 0.29) is 12.0 Å². The number of hydrogen-bond acceptors (Lipinski definition) is 3. The summed E-state index contributed by atoms with van der Waals surface area (Å²) in [7, 11) is 1.68. The van der Waals surface area contributed by atoms with E-state index in [0.29, 0.717) is 27.1 Å². The molecule has 4 rings (SSSR count). The first-order chi connectivity index (χ1) is 13.2. The Labute approximate surface area is 172 Å². The number of halogens is 2. The largest absolute Gasteiger partial charge is 0.333 e. The predicted molar refractivity (Wildman–Crippen MR) is 112 cm³/mol. The van der Waals surface area contributed by atoms with Gasteiger partial charge in [-0.2, -0.15) is 0 Å². The molecular formula is C19H17Cl2N5O2. The molecule has 2 heterocycles. The summed E-state index contributed by atoms with van der Waals surface area (Å²) in [6, 6.07) is 11.3. The van der Waals surface area contributed by atoms with Crippen molar-refractivity contribution in [2.24, 2.45) is 4.99 Å². The van der Waals surface area contributed by atoms with Gasteiger partial charge in [0.05, 0.1) is 21.4 Å². The zero-order chi connectivity index (χ0) is 20.2. The van der Waals surface area contributed by atoms with Crippen molar-refractivity contribution in [3.8, 4) is 0 Å². The minimum absolute atomic E-state index is 0.256. The van der Waals surface area contributed by atoms with E-state index in [0.717, 1.165) is 0 Å². The molecule has 0 saturated carbocycles. The van der Waals surface area contributed by atoms with Gasteiger partial charge in [0.25, 0.3) is 0 Å². The van der Waals surface area contributed by atoms with Crippen LogP contribution in [0.2, 0.25) is 10.0 Å². The van der Waals surface area contributed by atoms with E-state index >= 15 is 0 Å². The Morgan fingerprint density at radius 2 is 1.75 bits per heavy atom. The third kappa shape index (κ3) is 2.78. The minimum Gasteiger partial charge on any atom is -0.307 e. The Kier molecular flexibility index (Phi) is 4.24. The minimum atomic E-state index is -0.799. The monoisotopic (exact) mass is 417 g/mol. The molecule has 7 nitrogen and oxygen atoms in total. The number of urea groups is 2. The fraction of sp³-hybridized carbons (Fsp3) is 0.211. The van der Waals surface area contributed by atoms with Crippen LogP contribution in [0.3, 0.4) is 0 Å². The van der Waals surface area contributed by atoms with Crippen LogP contribution in [0.15, 0.2) is 47.5 Å². The number of amides is 4. The van der Waals surface area contributed by atoms with Crippen molar-refractivity contribution in [2.45, 2.75) is 19.5 Å². The molecule has 2 aromatic carbocycles. The molecule has 0 fully saturated rings. The van der Waals surface area contributed by atoms with Crippen molar-refractivity contribution in [1.82, 2.24) is 4.90 Å². The summed E-state index contributed by atoms with van der Waals surface area (Å²) in [5, 5.41) is 3.51. The Morgan fingerprint density at radius 1 is 1.07 bits per heavy atom. The van der Waals surface area contributed by atoms with Crippen LogP contribution in [-0.4, -0.2) is 35.6 Å². The van der Waals surface area contributed by atoms with Crippen LogP contribution in [-0.2, 0) is 0 Å². The zero-order valence-electron chi connectivity index (χ0n) is 15.4. The Balaban J connectivity index is 1.78. The summed E-state index contributed by atoms with van der Waals surface area (Å²) >= 11 is 12.0. The van der Waals surface area contributed by atoms with Crippen LogP contribution in [0, 0.1) is 0 Å². The number of anilines is 3. The topological polar surface area (TPSA) is 68.2 Å². The second-order valence-corrected chi connectivity index (χ2v) is 7.78. The van der Waals surface area contributed by atoms with E-state index in [1.54, 1.807) is 43.4 Å². The third-order valence-corrected chi connectivity index (χ3v) is 5.55. The van der Waals surface area contributed by atoms with Crippen LogP contribution in [0.4, 0.5) is 26.7 Å².